The van der Waals surface area contributed by atoms with Gasteiger partial charge in [0.05, 0.1) is 6.61 Å². The van der Waals surface area contributed by atoms with Crippen LogP contribution in [0.1, 0.15) is 12.8 Å². The third kappa shape index (κ3) is 2.35. The van der Waals surface area contributed by atoms with E-state index in [4.69, 9.17) is 11.0 Å². The lowest BCUT2D eigenvalue weighted by Crippen LogP contribution is -2.40. The zero-order valence-corrected chi connectivity index (χ0v) is 6.90. The second-order valence-corrected chi connectivity index (χ2v) is 3.07. The first kappa shape index (κ1) is 9.28. The van der Waals surface area contributed by atoms with Gasteiger partial charge in [-0.25, -0.2) is 10.7 Å². The summed E-state index contributed by atoms with van der Waals surface area (Å²) in [5.41, 5.74) is 0. The van der Waals surface area contributed by atoms with E-state index in [1.165, 1.54) is 4.90 Å². The van der Waals surface area contributed by atoms with Crippen molar-refractivity contribution in [2.45, 2.75) is 12.8 Å². The van der Waals surface area contributed by atoms with Gasteiger partial charge >= 0.3 is 6.09 Å². The molecule has 1 fully saturated rings. The summed E-state index contributed by atoms with van der Waals surface area (Å²) in [6, 6.07) is 0. The van der Waals surface area contributed by atoms with Crippen LogP contribution in [0.25, 0.3) is 0 Å². The predicted octanol–water partition coefficient (Wildman–Crippen LogP) is 0.267. The summed E-state index contributed by atoms with van der Waals surface area (Å²) in [4.78, 5) is 16.5. The molecule has 1 rings (SSSR count). The number of carbonyl (C=O) groups is 1. The van der Waals surface area contributed by atoms with Crippen LogP contribution in [-0.4, -0.2) is 35.8 Å². The van der Waals surface area contributed by atoms with Crippen LogP contribution in [0.15, 0.2) is 0 Å². The minimum absolute atomic E-state index is 0.264. The van der Waals surface area contributed by atoms with Gasteiger partial charge in [-0.05, 0) is 12.8 Å². The molecule has 1 saturated heterocycles. The fourth-order valence-corrected chi connectivity index (χ4v) is 1.51. The Bertz CT molecular complexity index is 161. The maximum absolute atomic E-state index is 10.6. The monoisotopic (exact) mass is 174 g/mol. The van der Waals surface area contributed by atoms with Crippen molar-refractivity contribution < 1.29 is 14.7 Å². The number of piperidine rings is 1. The lowest BCUT2D eigenvalue weighted by Gasteiger charge is -2.29. The molecule has 0 aromatic carbocycles. The highest BCUT2D eigenvalue weighted by Gasteiger charge is 2.22. The molecule has 12 heavy (non-hydrogen) atoms. The SMILES string of the molecule is NOCC1CCCN(C(=O)O)C1. The molecule has 1 aliphatic rings. The Balaban J connectivity index is 2.35. The molecular weight excluding hydrogens is 160 g/mol. The van der Waals surface area contributed by atoms with Crippen LogP contribution in [0.4, 0.5) is 4.79 Å². The second kappa shape index (κ2) is 4.27. The van der Waals surface area contributed by atoms with Crippen LogP contribution in [0.3, 0.4) is 0 Å². The van der Waals surface area contributed by atoms with Crippen molar-refractivity contribution in [2.24, 2.45) is 11.8 Å². The van der Waals surface area contributed by atoms with E-state index in [1.54, 1.807) is 0 Å². The Kier molecular flexibility index (Phi) is 3.31. The molecule has 0 spiro atoms. The number of amides is 1. The molecule has 0 bridgehead atoms. The fraction of sp³-hybridized carbons (Fsp3) is 0.857. The van der Waals surface area contributed by atoms with Crippen molar-refractivity contribution in [1.82, 2.24) is 4.90 Å². The smallest absolute Gasteiger partial charge is 0.407 e. The lowest BCUT2D eigenvalue weighted by molar-refractivity contribution is 0.0594. The van der Waals surface area contributed by atoms with Gasteiger partial charge in [0.25, 0.3) is 0 Å². The summed E-state index contributed by atoms with van der Waals surface area (Å²) >= 11 is 0. The van der Waals surface area contributed by atoms with E-state index in [1.807, 2.05) is 0 Å². The van der Waals surface area contributed by atoms with Crippen molar-refractivity contribution in [3.8, 4) is 0 Å². The van der Waals surface area contributed by atoms with Crippen molar-refractivity contribution >= 4 is 6.09 Å². The van der Waals surface area contributed by atoms with E-state index in [0.717, 1.165) is 12.8 Å². The minimum atomic E-state index is -0.850. The lowest BCUT2D eigenvalue weighted by atomic mass is 9.99. The number of rotatable bonds is 2. The van der Waals surface area contributed by atoms with Crippen LogP contribution in [-0.2, 0) is 4.84 Å². The van der Waals surface area contributed by atoms with Gasteiger partial charge in [-0.15, -0.1) is 0 Å². The van der Waals surface area contributed by atoms with E-state index < -0.39 is 6.09 Å². The van der Waals surface area contributed by atoms with E-state index in [0.29, 0.717) is 19.7 Å². The zero-order chi connectivity index (χ0) is 8.97. The Morgan fingerprint density at radius 1 is 1.75 bits per heavy atom. The Morgan fingerprint density at radius 3 is 3.08 bits per heavy atom. The number of hydrogen-bond donors (Lipinski definition) is 2. The summed E-state index contributed by atoms with van der Waals surface area (Å²) < 4.78 is 0. The molecule has 5 heteroatoms. The summed E-state index contributed by atoms with van der Waals surface area (Å²) in [7, 11) is 0. The van der Waals surface area contributed by atoms with Gasteiger partial charge in [0.15, 0.2) is 0 Å². The molecule has 1 atom stereocenters. The molecule has 0 radical (unpaired) electrons. The Labute approximate surface area is 71.0 Å². The van der Waals surface area contributed by atoms with E-state index in [9.17, 15) is 4.79 Å². The highest BCUT2D eigenvalue weighted by Crippen LogP contribution is 2.15. The van der Waals surface area contributed by atoms with Crippen LogP contribution < -0.4 is 5.90 Å². The molecule has 1 amide bonds. The van der Waals surface area contributed by atoms with Gasteiger partial charge in [-0.3, -0.25) is 0 Å². The number of likely N-dealkylation sites (tertiary alicyclic amines) is 1. The van der Waals surface area contributed by atoms with E-state index in [-0.39, 0.29) is 5.92 Å². The van der Waals surface area contributed by atoms with Gasteiger partial charge in [-0.2, -0.15) is 0 Å². The van der Waals surface area contributed by atoms with Crippen LogP contribution in [0.5, 0.6) is 0 Å². The minimum Gasteiger partial charge on any atom is -0.465 e. The maximum Gasteiger partial charge on any atom is 0.407 e. The fourth-order valence-electron chi connectivity index (χ4n) is 1.51. The Hall–Kier alpha value is -0.810. The van der Waals surface area contributed by atoms with E-state index >= 15 is 0 Å². The van der Waals surface area contributed by atoms with Crippen LogP contribution in [0.2, 0.25) is 0 Å². The third-order valence-corrected chi connectivity index (χ3v) is 2.12. The normalized spacial score (nSPS) is 24.1. The molecule has 3 N–H and O–H groups in total. The molecular formula is C7H14N2O3. The van der Waals surface area contributed by atoms with Crippen LogP contribution >= 0.6 is 0 Å². The quantitative estimate of drug-likeness (QED) is 0.589. The first-order valence-electron chi connectivity index (χ1n) is 4.03. The summed E-state index contributed by atoms with van der Waals surface area (Å²) in [6.45, 7) is 1.63. The molecule has 0 aliphatic carbocycles. The molecule has 70 valence electrons. The van der Waals surface area contributed by atoms with Crippen LogP contribution in [0, 0.1) is 5.92 Å². The first-order valence-corrected chi connectivity index (χ1v) is 4.03. The largest absolute Gasteiger partial charge is 0.465 e. The predicted molar refractivity (Wildman–Crippen MR) is 42.5 cm³/mol. The second-order valence-electron chi connectivity index (χ2n) is 3.07. The van der Waals surface area contributed by atoms with Gasteiger partial charge in [0, 0.05) is 19.0 Å². The van der Waals surface area contributed by atoms with Crippen molar-refractivity contribution in [1.29, 1.82) is 0 Å². The average Bonchev–Trinajstić information content (AvgIpc) is 2.05. The van der Waals surface area contributed by atoms with Crippen molar-refractivity contribution in [3.05, 3.63) is 0 Å². The number of nitrogens with zero attached hydrogens (tertiary/aromatic N) is 1. The highest BCUT2D eigenvalue weighted by molar-refractivity contribution is 5.65. The van der Waals surface area contributed by atoms with Crippen molar-refractivity contribution in [3.63, 3.8) is 0 Å². The van der Waals surface area contributed by atoms with E-state index in [2.05, 4.69) is 4.84 Å². The topological polar surface area (TPSA) is 75.8 Å². The van der Waals surface area contributed by atoms with Gasteiger partial charge in [0.1, 0.15) is 0 Å². The molecule has 1 aliphatic heterocycles. The maximum atomic E-state index is 10.6. The third-order valence-electron chi connectivity index (χ3n) is 2.12. The summed E-state index contributed by atoms with van der Waals surface area (Å²) in [5.74, 6) is 5.18. The molecule has 0 saturated carbocycles. The number of carboxylic acid groups (broad SMARTS) is 1. The average molecular weight is 174 g/mol. The summed E-state index contributed by atoms with van der Waals surface area (Å²) in [6.07, 6.45) is 1.05. The molecule has 1 unspecified atom stereocenters. The van der Waals surface area contributed by atoms with Crippen molar-refractivity contribution in [2.75, 3.05) is 19.7 Å². The highest BCUT2D eigenvalue weighted by atomic mass is 16.6. The number of hydrogen-bond acceptors (Lipinski definition) is 3. The molecule has 1 heterocycles. The standard InChI is InChI=1S/C7H14N2O3/c8-12-5-6-2-1-3-9(4-6)7(10)11/h6H,1-5,8H2,(H,10,11). The molecule has 0 aromatic rings. The first-order chi connectivity index (χ1) is 5.74. The number of nitrogens with two attached hydrogens (primary N) is 1. The van der Waals surface area contributed by atoms with Gasteiger partial charge in [0.2, 0.25) is 0 Å². The van der Waals surface area contributed by atoms with Gasteiger partial charge < -0.3 is 14.8 Å². The molecule has 5 nitrogen and oxygen atoms in total. The van der Waals surface area contributed by atoms with Gasteiger partial charge in [-0.1, -0.05) is 0 Å². The molecule has 0 aromatic heterocycles. The summed E-state index contributed by atoms with van der Waals surface area (Å²) in [5, 5.41) is 8.68. The Morgan fingerprint density at radius 2 is 2.50 bits per heavy atom. The zero-order valence-electron chi connectivity index (χ0n) is 6.90.